The van der Waals surface area contributed by atoms with Gasteiger partial charge in [-0.3, -0.25) is 0 Å². The highest BCUT2D eigenvalue weighted by molar-refractivity contribution is 9.10. The predicted molar refractivity (Wildman–Crippen MR) is 90.2 cm³/mol. The van der Waals surface area contributed by atoms with Crippen molar-refractivity contribution in [1.29, 1.82) is 0 Å². The minimum absolute atomic E-state index is 0.221. The van der Waals surface area contributed by atoms with Crippen LogP contribution in [0.3, 0.4) is 0 Å². The summed E-state index contributed by atoms with van der Waals surface area (Å²) in [6, 6.07) is 15.8. The van der Waals surface area contributed by atoms with Crippen molar-refractivity contribution in [2.75, 3.05) is 0 Å². The molecule has 0 fully saturated rings. The van der Waals surface area contributed by atoms with E-state index in [2.05, 4.69) is 72.2 Å². The van der Waals surface area contributed by atoms with Gasteiger partial charge < -0.3 is 0 Å². The third-order valence-electron chi connectivity index (χ3n) is 4.58. The van der Waals surface area contributed by atoms with Gasteiger partial charge in [-0.05, 0) is 47.2 Å². The van der Waals surface area contributed by atoms with Gasteiger partial charge in [0, 0.05) is 9.89 Å². The van der Waals surface area contributed by atoms with Crippen LogP contribution in [-0.4, -0.2) is 0 Å². The van der Waals surface area contributed by atoms with Crippen LogP contribution in [0.5, 0.6) is 0 Å². The van der Waals surface area contributed by atoms with E-state index in [4.69, 9.17) is 0 Å². The lowest BCUT2D eigenvalue weighted by atomic mass is 9.71. The summed E-state index contributed by atoms with van der Waals surface area (Å²) < 4.78 is 1.20. The van der Waals surface area contributed by atoms with Crippen LogP contribution >= 0.6 is 15.9 Å². The molecule has 0 spiro atoms. The van der Waals surface area contributed by atoms with Crippen molar-refractivity contribution >= 4 is 15.9 Å². The van der Waals surface area contributed by atoms with Gasteiger partial charge in [-0.2, -0.15) is 0 Å². The summed E-state index contributed by atoms with van der Waals surface area (Å²) in [5, 5.41) is 0. The number of benzene rings is 2. The van der Waals surface area contributed by atoms with Crippen LogP contribution in [0.15, 0.2) is 46.9 Å². The van der Waals surface area contributed by atoms with E-state index < -0.39 is 0 Å². The summed E-state index contributed by atoms with van der Waals surface area (Å²) in [4.78, 5) is 0. The fourth-order valence-electron chi connectivity index (χ4n) is 3.94. The summed E-state index contributed by atoms with van der Waals surface area (Å²) in [5.41, 5.74) is 6.16. The van der Waals surface area contributed by atoms with Crippen LogP contribution in [0.1, 0.15) is 50.7 Å². The maximum Gasteiger partial charge on any atom is 0.0215 e. The second-order valence-corrected chi connectivity index (χ2v) is 6.73. The first-order valence-electron chi connectivity index (χ1n) is 7.63. The lowest BCUT2D eigenvalue weighted by Gasteiger charge is -2.32. The highest BCUT2D eigenvalue weighted by Crippen LogP contribution is 2.54. The Balaban J connectivity index is 2.30. The monoisotopic (exact) mass is 328 g/mol. The Labute approximate surface area is 130 Å². The number of halogens is 1. The molecule has 1 aliphatic rings. The van der Waals surface area contributed by atoms with Crippen LogP contribution in [0, 0.1) is 0 Å². The van der Waals surface area contributed by atoms with E-state index in [9.17, 15) is 0 Å². The van der Waals surface area contributed by atoms with Crippen LogP contribution in [-0.2, 0) is 5.41 Å². The normalized spacial score (nSPS) is 14.9. The molecule has 20 heavy (non-hydrogen) atoms. The first-order valence-corrected chi connectivity index (χ1v) is 8.42. The first kappa shape index (κ1) is 13.9. The maximum atomic E-state index is 3.66. The third kappa shape index (κ3) is 1.95. The van der Waals surface area contributed by atoms with Crippen molar-refractivity contribution in [3.8, 4) is 11.1 Å². The lowest BCUT2D eigenvalue weighted by molar-refractivity contribution is 0.435. The summed E-state index contributed by atoms with van der Waals surface area (Å²) in [5.74, 6) is 0. The minimum atomic E-state index is 0.221. The predicted octanol–water partition coefficient (Wildman–Crippen LogP) is 6.32. The Morgan fingerprint density at radius 1 is 0.850 bits per heavy atom. The van der Waals surface area contributed by atoms with E-state index in [0.29, 0.717) is 0 Å². The summed E-state index contributed by atoms with van der Waals surface area (Å²) >= 11 is 3.66. The second kappa shape index (κ2) is 5.37. The molecule has 2 aromatic carbocycles. The Morgan fingerprint density at radius 3 is 2.20 bits per heavy atom. The van der Waals surface area contributed by atoms with Crippen molar-refractivity contribution in [3.05, 3.63) is 58.1 Å². The smallest absolute Gasteiger partial charge is 0.0215 e. The van der Waals surface area contributed by atoms with Gasteiger partial charge >= 0.3 is 0 Å². The molecular weight excluding hydrogens is 308 g/mol. The zero-order valence-electron chi connectivity index (χ0n) is 12.2. The quantitative estimate of drug-likeness (QED) is 0.616. The van der Waals surface area contributed by atoms with Crippen LogP contribution in [0.2, 0.25) is 0 Å². The molecule has 2 aromatic rings. The van der Waals surface area contributed by atoms with Crippen LogP contribution in [0.4, 0.5) is 0 Å². The molecule has 0 saturated heterocycles. The fraction of sp³-hybridized carbons (Fsp3) is 0.368. The third-order valence-corrected chi connectivity index (χ3v) is 5.08. The molecule has 0 aliphatic heterocycles. The van der Waals surface area contributed by atoms with Crippen molar-refractivity contribution < 1.29 is 0 Å². The molecule has 104 valence electrons. The molecule has 0 saturated carbocycles. The molecule has 3 rings (SSSR count). The van der Waals surface area contributed by atoms with Gasteiger partial charge in [0.2, 0.25) is 0 Å². The zero-order valence-corrected chi connectivity index (χ0v) is 13.8. The van der Waals surface area contributed by atoms with E-state index in [-0.39, 0.29) is 5.41 Å². The average Bonchev–Trinajstić information content (AvgIpc) is 2.71. The lowest BCUT2D eigenvalue weighted by Crippen LogP contribution is -2.24. The summed E-state index contributed by atoms with van der Waals surface area (Å²) in [6.07, 6.45) is 4.92. The van der Waals surface area contributed by atoms with E-state index in [0.717, 1.165) is 0 Å². The second-order valence-electron chi connectivity index (χ2n) is 5.82. The molecule has 0 N–H and O–H groups in total. The van der Waals surface area contributed by atoms with Crippen molar-refractivity contribution in [2.24, 2.45) is 0 Å². The fourth-order valence-corrected chi connectivity index (χ4v) is 4.31. The molecule has 0 unspecified atom stereocenters. The molecule has 0 heterocycles. The van der Waals surface area contributed by atoms with Gasteiger partial charge in [0.25, 0.3) is 0 Å². The molecule has 0 atom stereocenters. The Morgan fingerprint density at radius 2 is 1.50 bits per heavy atom. The Bertz CT molecular complexity index is 621. The molecule has 0 bridgehead atoms. The zero-order chi connectivity index (χ0) is 14.2. The van der Waals surface area contributed by atoms with E-state index in [1.165, 1.54) is 52.4 Å². The molecular formula is C19H21Br. The number of hydrogen-bond acceptors (Lipinski definition) is 0. The van der Waals surface area contributed by atoms with Crippen molar-refractivity contribution in [2.45, 2.75) is 44.9 Å². The Hall–Kier alpha value is -1.08. The topological polar surface area (TPSA) is 0 Å². The van der Waals surface area contributed by atoms with E-state index in [1.807, 2.05) is 0 Å². The SMILES string of the molecule is CCCC1(CCC)c2ccccc2-c2ccc(Br)cc21. The van der Waals surface area contributed by atoms with Gasteiger partial charge in [-0.15, -0.1) is 0 Å². The maximum absolute atomic E-state index is 3.66. The molecule has 0 nitrogen and oxygen atoms in total. The summed E-state index contributed by atoms with van der Waals surface area (Å²) in [7, 11) is 0. The molecule has 0 amide bonds. The summed E-state index contributed by atoms with van der Waals surface area (Å²) in [6.45, 7) is 4.60. The van der Waals surface area contributed by atoms with E-state index in [1.54, 1.807) is 0 Å². The van der Waals surface area contributed by atoms with Gasteiger partial charge in [0.05, 0.1) is 0 Å². The van der Waals surface area contributed by atoms with E-state index >= 15 is 0 Å². The molecule has 1 aliphatic carbocycles. The van der Waals surface area contributed by atoms with Crippen LogP contribution < -0.4 is 0 Å². The minimum Gasteiger partial charge on any atom is -0.0653 e. The highest BCUT2D eigenvalue weighted by atomic mass is 79.9. The average molecular weight is 329 g/mol. The first-order chi connectivity index (χ1) is 9.73. The Kier molecular flexibility index (Phi) is 3.72. The standard InChI is InChI=1S/C19H21Br/c1-3-11-19(12-4-2)17-8-6-5-7-15(17)16-10-9-14(20)13-18(16)19/h5-10,13H,3-4,11-12H2,1-2H3. The highest BCUT2D eigenvalue weighted by Gasteiger charge is 2.41. The molecule has 0 radical (unpaired) electrons. The van der Waals surface area contributed by atoms with Gasteiger partial charge in [0.15, 0.2) is 0 Å². The molecule has 1 heteroatoms. The molecule has 0 aromatic heterocycles. The van der Waals surface area contributed by atoms with Gasteiger partial charge in [-0.1, -0.05) is 73.0 Å². The van der Waals surface area contributed by atoms with Crippen molar-refractivity contribution in [1.82, 2.24) is 0 Å². The largest absolute Gasteiger partial charge is 0.0653 e. The van der Waals surface area contributed by atoms with Crippen LogP contribution in [0.25, 0.3) is 11.1 Å². The number of hydrogen-bond donors (Lipinski definition) is 0. The number of fused-ring (bicyclic) bond motifs is 3. The van der Waals surface area contributed by atoms with Crippen molar-refractivity contribution in [3.63, 3.8) is 0 Å². The number of rotatable bonds is 4. The van der Waals surface area contributed by atoms with Gasteiger partial charge in [-0.25, -0.2) is 0 Å². The van der Waals surface area contributed by atoms with Gasteiger partial charge in [0.1, 0.15) is 0 Å².